The Morgan fingerprint density at radius 2 is 0.979 bits per heavy atom. The van der Waals surface area contributed by atoms with E-state index in [4.69, 9.17) is 4.74 Å². The maximum absolute atomic E-state index is 6.97. The van der Waals surface area contributed by atoms with Gasteiger partial charge in [0.15, 0.2) is 0 Å². The molecule has 0 N–H and O–H groups in total. The summed E-state index contributed by atoms with van der Waals surface area (Å²) in [4.78, 5) is 2.52. The molecule has 0 saturated heterocycles. The minimum Gasteiger partial charge on any atom is -0.458 e. The molecule has 236 valence electrons. The average Bonchev–Trinajstić information content (AvgIpc) is 2.99. The van der Waals surface area contributed by atoms with Crippen molar-refractivity contribution >= 4 is 40.2 Å². The van der Waals surface area contributed by atoms with Gasteiger partial charge in [-0.25, -0.2) is 0 Å². The molecule has 0 radical (unpaired) electrons. The second kappa shape index (κ2) is 11.3. The first-order valence-electron chi connectivity index (χ1n) is 17.1. The van der Waals surface area contributed by atoms with Gasteiger partial charge in [0.2, 0.25) is 0 Å². The summed E-state index contributed by atoms with van der Waals surface area (Å²) < 4.78 is 6.97. The van der Waals surface area contributed by atoms with E-state index in [1.807, 2.05) is 0 Å². The molecule has 0 aromatic heterocycles. The second-order valence-electron chi connectivity index (χ2n) is 14.5. The first kappa shape index (κ1) is 30.3. The van der Waals surface area contributed by atoms with Gasteiger partial charge in [0.25, 0.3) is 6.71 Å². The van der Waals surface area contributed by atoms with Gasteiger partial charge in [-0.2, -0.15) is 0 Å². The molecule has 6 aromatic rings. The Hall–Kier alpha value is -5.02. The van der Waals surface area contributed by atoms with Crippen molar-refractivity contribution in [2.75, 3.05) is 4.90 Å². The second-order valence-corrected chi connectivity index (χ2v) is 14.5. The van der Waals surface area contributed by atoms with Gasteiger partial charge in [0.05, 0.1) is 0 Å². The van der Waals surface area contributed by atoms with E-state index < -0.39 is 0 Å². The lowest BCUT2D eigenvalue weighted by Gasteiger charge is -2.41. The zero-order chi connectivity index (χ0) is 33.4. The van der Waals surface area contributed by atoms with Crippen LogP contribution in [0, 0.1) is 55.4 Å². The smallest absolute Gasteiger partial charge is 0.256 e. The molecule has 2 aliphatic rings. The lowest BCUT2D eigenvalue weighted by molar-refractivity contribution is 0.486. The number of hydrogen-bond donors (Lipinski definition) is 0. The maximum atomic E-state index is 6.97. The van der Waals surface area contributed by atoms with Crippen molar-refractivity contribution in [3.05, 3.63) is 164 Å². The van der Waals surface area contributed by atoms with Crippen LogP contribution in [0.1, 0.15) is 67.1 Å². The molecule has 48 heavy (non-hydrogen) atoms. The monoisotopic (exact) mass is 623 g/mol. The number of rotatable bonds is 4. The highest BCUT2D eigenvalue weighted by atomic mass is 16.5. The predicted octanol–water partition coefficient (Wildman–Crippen LogP) is 9.74. The van der Waals surface area contributed by atoms with Crippen molar-refractivity contribution in [2.45, 2.75) is 61.3 Å². The van der Waals surface area contributed by atoms with Gasteiger partial charge in [0, 0.05) is 23.0 Å². The fourth-order valence-electron chi connectivity index (χ4n) is 8.68. The fraction of sp³-hybridized carbons (Fsp3) is 0.200. The number of hydrogen-bond acceptors (Lipinski definition) is 2. The molecule has 2 nitrogen and oxygen atoms in total. The van der Waals surface area contributed by atoms with Crippen LogP contribution in [-0.2, 0) is 0 Å². The Balaban J connectivity index is 1.48. The van der Waals surface area contributed by atoms with Gasteiger partial charge >= 0.3 is 0 Å². The Bertz CT molecular complexity index is 2170. The molecule has 2 heterocycles. The molecule has 0 bridgehead atoms. The molecule has 8 rings (SSSR count). The zero-order valence-electron chi connectivity index (χ0n) is 29.3. The van der Waals surface area contributed by atoms with Crippen LogP contribution in [0.5, 0.6) is 11.5 Å². The molecule has 0 unspecified atom stereocenters. The molecule has 0 atom stereocenters. The minimum absolute atomic E-state index is 0.0321. The summed E-state index contributed by atoms with van der Waals surface area (Å²) in [7, 11) is 0. The molecule has 6 aromatic carbocycles. The van der Waals surface area contributed by atoms with Crippen LogP contribution in [0.3, 0.4) is 0 Å². The van der Waals surface area contributed by atoms with Crippen molar-refractivity contribution in [1.29, 1.82) is 0 Å². The summed E-state index contributed by atoms with van der Waals surface area (Å²) in [6.45, 7) is 17.8. The summed E-state index contributed by atoms with van der Waals surface area (Å²) in [5.41, 5.74) is 21.5. The summed E-state index contributed by atoms with van der Waals surface area (Å²) in [5.74, 6) is 1.92. The molecule has 0 aliphatic carbocycles. The maximum Gasteiger partial charge on any atom is 0.256 e. The van der Waals surface area contributed by atoms with Crippen molar-refractivity contribution in [1.82, 2.24) is 0 Å². The quantitative estimate of drug-likeness (QED) is 0.143. The average molecular weight is 624 g/mol. The van der Waals surface area contributed by atoms with Gasteiger partial charge in [-0.1, -0.05) is 94.5 Å². The normalized spacial score (nSPS) is 12.9. The highest BCUT2D eigenvalue weighted by Crippen LogP contribution is 2.45. The van der Waals surface area contributed by atoms with Crippen LogP contribution >= 0.6 is 0 Å². The Kier molecular flexibility index (Phi) is 7.14. The molecule has 3 heteroatoms. The highest BCUT2D eigenvalue weighted by Gasteiger charge is 2.43. The zero-order valence-corrected chi connectivity index (χ0v) is 29.3. The first-order valence-corrected chi connectivity index (χ1v) is 17.1. The van der Waals surface area contributed by atoms with E-state index in [9.17, 15) is 0 Å². The fourth-order valence-corrected chi connectivity index (χ4v) is 8.68. The van der Waals surface area contributed by atoms with E-state index >= 15 is 0 Å². The lowest BCUT2D eigenvalue weighted by atomic mass is 9.33. The minimum atomic E-state index is 0.0321. The molecular weight excluding hydrogens is 581 g/mol. The van der Waals surface area contributed by atoms with E-state index in [-0.39, 0.29) is 12.6 Å². The number of para-hydroxylation sites is 1. The van der Waals surface area contributed by atoms with Crippen LogP contribution in [0.25, 0.3) is 0 Å². The van der Waals surface area contributed by atoms with Gasteiger partial charge in [-0.15, -0.1) is 0 Å². The van der Waals surface area contributed by atoms with Gasteiger partial charge in [0.1, 0.15) is 11.5 Å². The van der Waals surface area contributed by atoms with E-state index in [0.717, 1.165) is 11.5 Å². The summed E-state index contributed by atoms with van der Waals surface area (Å²) in [6, 6.07) is 39.1. The number of aryl methyl sites for hydroxylation is 8. The van der Waals surface area contributed by atoms with Gasteiger partial charge in [-0.05, 0) is 142 Å². The summed E-state index contributed by atoms with van der Waals surface area (Å²) in [6.07, 6.45) is 0. The molecule has 2 aliphatic heterocycles. The number of anilines is 3. The molecule has 0 amide bonds. The van der Waals surface area contributed by atoms with Crippen molar-refractivity contribution in [3.63, 3.8) is 0 Å². The third-order valence-electron chi connectivity index (χ3n) is 10.1. The lowest BCUT2D eigenvalue weighted by Crippen LogP contribution is -2.60. The third-order valence-corrected chi connectivity index (χ3v) is 10.1. The van der Waals surface area contributed by atoms with Crippen LogP contribution in [0.2, 0.25) is 0 Å². The van der Waals surface area contributed by atoms with E-state index in [2.05, 4.69) is 163 Å². The number of benzene rings is 6. The van der Waals surface area contributed by atoms with Gasteiger partial charge in [-0.3, -0.25) is 0 Å². The topological polar surface area (TPSA) is 12.5 Å². The Morgan fingerprint density at radius 1 is 0.479 bits per heavy atom. The predicted molar refractivity (Wildman–Crippen MR) is 204 cm³/mol. The molecular formula is C45H42BNO. The molecule has 0 saturated carbocycles. The summed E-state index contributed by atoms with van der Waals surface area (Å²) >= 11 is 0. The van der Waals surface area contributed by atoms with Crippen LogP contribution in [0.15, 0.2) is 103 Å². The molecule has 0 spiro atoms. The number of ether oxygens (including phenoxy) is 1. The van der Waals surface area contributed by atoms with E-state index in [0.29, 0.717) is 0 Å². The standard InChI is InChI=1S/C45H42BNO/c1-26-13-27(2)18-34(17-26)43(35-19-28(3)14-29(4)20-35)36-24-40-45-42(25-36)48-41-12-10-9-11-38(41)46(45)44-33(8)16-32(7)23-39(44)47(40)37-21-30(5)15-31(6)22-37/h9-25,43H,1-8H3. The summed E-state index contributed by atoms with van der Waals surface area (Å²) in [5, 5.41) is 0. The number of fused-ring (bicyclic) bond motifs is 4. The SMILES string of the molecule is Cc1cc(C)cc(C(c2cc(C)cc(C)c2)c2cc3c4c(c2)N(c2cc(C)cc(C)c2)c2cc(C)cc(C)c2B4c2ccccc2O3)c1. The van der Waals surface area contributed by atoms with Crippen molar-refractivity contribution in [3.8, 4) is 11.5 Å². The van der Waals surface area contributed by atoms with E-state index in [1.165, 1.54) is 94.6 Å². The Labute approximate surface area is 286 Å². The van der Waals surface area contributed by atoms with Crippen LogP contribution in [-0.4, -0.2) is 6.71 Å². The van der Waals surface area contributed by atoms with Crippen LogP contribution < -0.4 is 26.0 Å². The largest absolute Gasteiger partial charge is 0.458 e. The highest BCUT2D eigenvalue weighted by molar-refractivity contribution is 6.99. The van der Waals surface area contributed by atoms with E-state index in [1.54, 1.807) is 0 Å². The molecule has 0 fully saturated rings. The number of nitrogens with zero attached hydrogens (tertiary/aromatic N) is 1. The first-order chi connectivity index (χ1) is 23.0. The van der Waals surface area contributed by atoms with Crippen LogP contribution in [0.4, 0.5) is 17.1 Å². The van der Waals surface area contributed by atoms with Crippen molar-refractivity contribution < 1.29 is 4.74 Å². The van der Waals surface area contributed by atoms with Gasteiger partial charge < -0.3 is 9.64 Å². The Morgan fingerprint density at radius 3 is 1.58 bits per heavy atom. The third kappa shape index (κ3) is 5.04. The van der Waals surface area contributed by atoms with Crippen molar-refractivity contribution in [2.24, 2.45) is 0 Å².